The summed E-state index contributed by atoms with van der Waals surface area (Å²) in [6.45, 7) is 1.03. The number of hydrogen-bond donors (Lipinski definition) is 3. The smallest absolute Gasteiger partial charge is 0.309 e. The molecule has 3 N–H and O–H groups in total. The number of carbonyl (C=O) groups excluding carboxylic acids is 1. The normalized spacial score (nSPS) is 15.8. The highest BCUT2D eigenvalue weighted by molar-refractivity contribution is 5.80. The van der Waals surface area contributed by atoms with Gasteiger partial charge in [-0.1, -0.05) is 6.07 Å². The van der Waals surface area contributed by atoms with Gasteiger partial charge in [0, 0.05) is 19.3 Å². The van der Waals surface area contributed by atoms with Crippen molar-refractivity contribution in [2.24, 2.45) is 5.92 Å². The molecule has 1 saturated heterocycles. The summed E-state index contributed by atoms with van der Waals surface area (Å²) in [5.41, 5.74) is 5.18. The van der Waals surface area contributed by atoms with Gasteiger partial charge < -0.3 is 5.11 Å². The first-order valence-corrected chi connectivity index (χ1v) is 5.56. The zero-order valence-corrected chi connectivity index (χ0v) is 9.67. The first-order chi connectivity index (χ1) is 8.65. The molecule has 0 unspecified atom stereocenters. The van der Waals surface area contributed by atoms with Crippen LogP contribution in [0.5, 0.6) is 0 Å². The van der Waals surface area contributed by atoms with E-state index in [-0.39, 0.29) is 18.4 Å². The van der Waals surface area contributed by atoms with E-state index in [0.717, 1.165) is 0 Å². The fraction of sp³-hybridized carbons (Fsp3) is 0.364. The second kappa shape index (κ2) is 5.46. The Morgan fingerprint density at radius 2 is 2.22 bits per heavy atom. The maximum atomic E-state index is 11.5. The quantitative estimate of drug-likeness (QED) is 0.612. The van der Waals surface area contributed by atoms with E-state index in [1.807, 2.05) is 0 Å². The van der Waals surface area contributed by atoms with Crippen LogP contribution in [0, 0.1) is 5.92 Å². The molecule has 0 radical (unpaired) electrons. The second-order valence-electron chi connectivity index (χ2n) is 4.12. The van der Waals surface area contributed by atoms with E-state index in [4.69, 9.17) is 5.11 Å². The number of amides is 1. The summed E-state index contributed by atoms with van der Waals surface area (Å²) in [5.74, 6) is -0.817. The van der Waals surface area contributed by atoms with Crippen molar-refractivity contribution in [2.75, 3.05) is 25.1 Å². The molecule has 1 fully saturated rings. The topological polar surface area (TPSA) is 94.6 Å². The van der Waals surface area contributed by atoms with Crippen molar-refractivity contribution in [3.63, 3.8) is 0 Å². The third-order valence-corrected chi connectivity index (χ3v) is 2.67. The molecule has 0 aliphatic carbocycles. The van der Waals surface area contributed by atoms with Crippen LogP contribution in [0.15, 0.2) is 24.4 Å². The fourth-order valence-electron chi connectivity index (χ4n) is 1.67. The van der Waals surface area contributed by atoms with E-state index in [0.29, 0.717) is 18.9 Å². The molecule has 2 rings (SSSR count). The number of rotatable bonds is 5. The Morgan fingerprint density at radius 1 is 1.44 bits per heavy atom. The minimum Gasteiger partial charge on any atom is -0.481 e. The number of pyridine rings is 1. The van der Waals surface area contributed by atoms with Crippen molar-refractivity contribution >= 4 is 17.7 Å². The van der Waals surface area contributed by atoms with E-state index < -0.39 is 5.97 Å². The number of hydrogen-bond acceptors (Lipinski definition) is 5. The number of nitrogens with one attached hydrogen (secondary N) is 2. The minimum absolute atomic E-state index is 0.184. The lowest BCUT2D eigenvalue weighted by molar-refractivity contribution is -0.148. The van der Waals surface area contributed by atoms with Crippen molar-refractivity contribution in [1.82, 2.24) is 15.3 Å². The maximum Gasteiger partial charge on any atom is 0.309 e. The van der Waals surface area contributed by atoms with Gasteiger partial charge in [-0.05, 0) is 12.1 Å². The molecule has 1 aromatic heterocycles. The van der Waals surface area contributed by atoms with Gasteiger partial charge in [-0.15, -0.1) is 0 Å². The fourth-order valence-corrected chi connectivity index (χ4v) is 1.67. The van der Waals surface area contributed by atoms with Crippen LogP contribution >= 0.6 is 0 Å². The second-order valence-corrected chi connectivity index (χ2v) is 4.12. The van der Waals surface area contributed by atoms with Gasteiger partial charge in [-0.2, -0.15) is 0 Å². The summed E-state index contributed by atoms with van der Waals surface area (Å²) < 4.78 is 0. The largest absolute Gasteiger partial charge is 0.481 e. The Kier molecular flexibility index (Phi) is 3.73. The average molecular weight is 250 g/mol. The van der Waals surface area contributed by atoms with Gasteiger partial charge in [0.2, 0.25) is 0 Å². The number of nitrogens with zero attached hydrogens (tertiary/aromatic N) is 2. The summed E-state index contributed by atoms with van der Waals surface area (Å²) in [6.07, 6.45) is 1.61. The van der Waals surface area contributed by atoms with Gasteiger partial charge in [0.1, 0.15) is 5.82 Å². The number of hydrazine groups is 1. The monoisotopic (exact) mass is 250 g/mol. The maximum absolute atomic E-state index is 11.5. The van der Waals surface area contributed by atoms with Gasteiger partial charge in [0.15, 0.2) is 0 Å². The molecule has 1 aliphatic heterocycles. The van der Waals surface area contributed by atoms with Crippen LogP contribution in [-0.2, 0) is 9.59 Å². The molecule has 0 aromatic carbocycles. The Bertz CT molecular complexity index is 431. The van der Waals surface area contributed by atoms with Crippen LogP contribution in [0.25, 0.3) is 0 Å². The van der Waals surface area contributed by atoms with Crippen LogP contribution in [-0.4, -0.2) is 46.5 Å². The molecule has 0 spiro atoms. The molecule has 0 saturated carbocycles. The number of carboxylic acid groups (broad SMARTS) is 1. The van der Waals surface area contributed by atoms with Gasteiger partial charge >= 0.3 is 5.97 Å². The summed E-state index contributed by atoms with van der Waals surface area (Å²) >= 11 is 0. The Balaban J connectivity index is 1.66. The highest BCUT2D eigenvalue weighted by atomic mass is 16.4. The van der Waals surface area contributed by atoms with Crippen LogP contribution in [0.2, 0.25) is 0 Å². The molecule has 1 aliphatic rings. The number of aliphatic carboxylic acids is 1. The van der Waals surface area contributed by atoms with Crippen molar-refractivity contribution in [3.05, 3.63) is 24.4 Å². The van der Waals surface area contributed by atoms with Gasteiger partial charge in [0.05, 0.1) is 12.5 Å². The lowest BCUT2D eigenvalue weighted by Crippen LogP contribution is -2.53. The summed E-state index contributed by atoms with van der Waals surface area (Å²) in [7, 11) is 0. The van der Waals surface area contributed by atoms with E-state index in [2.05, 4.69) is 15.8 Å². The number of carbonyl (C=O) groups is 2. The molecule has 96 valence electrons. The number of likely N-dealkylation sites (tertiary alicyclic amines) is 1. The van der Waals surface area contributed by atoms with Crippen LogP contribution < -0.4 is 10.9 Å². The molecule has 7 nitrogen and oxygen atoms in total. The SMILES string of the molecule is O=C(CN1CC(C(=O)O)C1)NNc1ccccn1. The number of anilines is 1. The third-order valence-electron chi connectivity index (χ3n) is 2.67. The Labute approximate surface area is 104 Å². The van der Waals surface area contributed by atoms with Gasteiger partial charge in [0.25, 0.3) is 5.91 Å². The lowest BCUT2D eigenvalue weighted by atomic mass is 10.0. The summed E-state index contributed by atoms with van der Waals surface area (Å²) in [6, 6.07) is 5.30. The van der Waals surface area contributed by atoms with E-state index in [1.54, 1.807) is 29.3 Å². The summed E-state index contributed by atoms with van der Waals surface area (Å²) in [4.78, 5) is 27.8. The molecule has 18 heavy (non-hydrogen) atoms. The van der Waals surface area contributed by atoms with E-state index >= 15 is 0 Å². The highest BCUT2D eigenvalue weighted by Gasteiger charge is 2.33. The highest BCUT2D eigenvalue weighted by Crippen LogP contribution is 2.14. The first-order valence-electron chi connectivity index (χ1n) is 5.56. The molecule has 1 amide bonds. The Hall–Kier alpha value is -2.15. The van der Waals surface area contributed by atoms with E-state index in [1.165, 1.54) is 0 Å². The zero-order valence-electron chi connectivity index (χ0n) is 9.67. The standard InChI is InChI=1S/C11H14N4O3/c16-10(7-15-5-8(6-15)11(17)18)14-13-9-3-1-2-4-12-9/h1-4,8H,5-7H2,(H,12,13)(H,14,16)(H,17,18). The minimum atomic E-state index is -0.807. The summed E-state index contributed by atoms with van der Waals surface area (Å²) in [5, 5.41) is 8.69. The van der Waals surface area contributed by atoms with Crippen molar-refractivity contribution in [3.8, 4) is 0 Å². The number of carboxylic acids is 1. The molecular formula is C11H14N4O3. The van der Waals surface area contributed by atoms with Gasteiger partial charge in [-0.3, -0.25) is 25.3 Å². The van der Waals surface area contributed by atoms with Crippen molar-refractivity contribution in [2.45, 2.75) is 0 Å². The first kappa shape index (κ1) is 12.3. The molecule has 1 aromatic rings. The van der Waals surface area contributed by atoms with Crippen LogP contribution in [0.3, 0.4) is 0 Å². The van der Waals surface area contributed by atoms with Crippen LogP contribution in [0.1, 0.15) is 0 Å². The van der Waals surface area contributed by atoms with Gasteiger partial charge in [-0.25, -0.2) is 4.98 Å². The number of aromatic nitrogens is 1. The predicted octanol–water partition coefficient (Wildman–Crippen LogP) is -0.459. The zero-order chi connectivity index (χ0) is 13.0. The van der Waals surface area contributed by atoms with Crippen molar-refractivity contribution < 1.29 is 14.7 Å². The van der Waals surface area contributed by atoms with E-state index in [9.17, 15) is 9.59 Å². The Morgan fingerprint density at radius 3 is 2.83 bits per heavy atom. The molecular weight excluding hydrogens is 236 g/mol. The molecule has 0 bridgehead atoms. The average Bonchev–Trinajstić information content (AvgIpc) is 2.31. The predicted molar refractivity (Wildman–Crippen MR) is 63.6 cm³/mol. The molecule has 0 atom stereocenters. The van der Waals surface area contributed by atoms with Crippen molar-refractivity contribution in [1.29, 1.82) is 0 Å². The molecule has 2 heterocycles. The lowest BCUT2D eigenvalue weighted by Gasteiger charge is -2.35. The third kappa shape index (κ3) is 3.17. The molecule has 7 heteroatoms. The van der Waals surface area contributed by atoms with Crippen LogP contribution in [0.4, 0.5) is 5.82 Å².